The monoisotopic (exact) mass is 625 g/mol. The van der Waals surface area contributed by atoms with Crippen molar-refractivity contribution in [2.24, 2.45) is 5.73 Å². The summed E-state index contributed by atoms with van der Waals surface area (Å²) in [7, 11) is -2.03. The lowest BCUT2D eigenvalue weighted by molar-refractivity contribution is -0.150. The molecule has 41 heavy (non-hydrogen) atoms. The lowest BCUT2D eigenvalue weighted by atomic mass is 9.82. The largest absolute Gasteiger partial charge is 0.480 e. The van der Waals surface area contributed by atoms with Gasteiger partial charge in [0.05, 0.1) is 10.9 Å². The van der Waals surface area contributed by atoms with Crippen molar-refractivity contribution >= 4 is 52.4 Å². The molecule has 4 rings (SSSR count). The quantitative estimate of drug-likeness (QED) is 0.122. The minimum atomic E-state index is -4.02. The Morgan fingerprint density at radius 3 is 2.54 bits per heavy atom. The summed E-state index contributed by atoms with van der Waals surface area (Å²) in [6, 6.07) is 9.12. The van der Waals surface area contributed by atoms with Crippen LogP contribution < -0.4 is 15.8 Å². The van der Waals surface area contributed by atoms with Gasteiger partial charge in [0.2, 0.25) is 0 Å². The van der Waals surface area contributed by atoms with E-state index < -0.39 is 33.4 Å². The van der Waals surface area contributed by atoms with Gasteiger partial charge in [0.15, 0.2) is 11.3 Å². The number of benzene rings is 2. The average Bonchev–Trinajstić information content (AvgIpc) is 2.92. The highest BCUT2D eigenvalue weighted by Crippen LogP contribution is 2.24. The molecule has 2 atom stereocenters. The fourth-order valence-corrected chi connectivity index (χ4v) is 6.19. The summed E-state index contributed by atoms with van der Waals surface area (Å²) in [4.78, 5) is 27.3. The van der Waals surface area contributed by atoms with Gasteiger partial charge in [-0.25, -0.2) is 13.2 Å². The van der Waals surface area contributed by atoms with E-state index in [1.807, 2.05) is 20.0 Å². The molecule has 0 unspecified atom stereocenters. The van der Waals surface area contributed by atoms with Gasteiger partial charge >= 0.3 is 5.97 Å². The minimum absolute atomic E-state index is 0. The van der Waals surface area contributed by atoms with Gasteiger partial charge < -0.3 is 15.7 Å². The van der Waals surface area contributed by atoms with Crippen LogP contribution in [0, 0.1) is 5.41 Å². The number of hydrogen-bond acceptors (Lipinski definition) is 8. The van der Waals surface area contributed by atoms with E-state index in [9.17, 15) is 23.1 Å². The van der Waals surface area contributed by atoms with Crippen LogP contribution >= 0.6 is 24.8 Å². The molecule has 2 aromatic rings. The van der Waals surface area contributed by atoms with Crippen LogP contribution in [-0.4, -0.2) is 67.7 Å². The maximum absolute atomic E-state index is 13.2. The number of hydrogen-bond donors (Lipinski definition) is 5. The Hall–Kier alpha value is -2.80. The molecular formula is C28H37Cl2N5O5S. The number of amidine groups is 1. The van der Waals surface area contributed by atoms with E-state index in [1.54, 1.807) is 42.5 Å². The Morgan fingerprint density at radius 2 is 1.90 bits per heavy atom. The number of carbonyl (C=O) groups is 2. The van der Waals surface area contributed by atoms with Gasteiger partial charge in [-0.3, -0.25) is 20.2 Å². The Bertz CT molecular complexity index is 1450. The number of carboxylic acid groups (broad SMARTS) is 1. The molecule has 2 aliphatic heterocycles. The van der Waals surface area contributed by atoms with Crippen LogP contribution in [0.15, 0.2) is 53.4 Å². The van der Waals surface area contributed by atoms with Crippen molar-refractivity contribution in [2.45, 2.75) is 55.6 Å². The molecule has 0 aromatic heterocycles. The number of rotatable bonds is 9. The molecule has 13 heteroatoms. The van der Waals surface area contributed by atoms with Crippen LogP contribution in [0.25, 0.3) is 0 Å². The number of halogens is 2. The van der Waals surface area contributed by atoms with Crippen LogP contribution in [0.1, 0.15) is 41.2 Å². The van der Waals surface area contributed by atoms with Crippen molar-refractivity contribution in [1.29, 1.82) is 5.41 Å². The molecule has 2 aliphatic rings. The van der Waals surface area contributed by atoms with E-state index in [2.05, 4.69) is 14.9 Å². The lowest BCUT2D eigenvalue weighted by Crippen LogP contribution is -2.63. The second-order valence-electron chi connectivity index (χ2n) is 10.2. The predicted octanol–water partition coefficient (Wildman–Crippen LogP) is 2.20. The van der Waals surface area contributed by atoms with Gasteiger partial charge in [0.1, 0.15) is 5.84 Å². The van der Waals surface area contributed by atoms with Gasteiger partial charge in [-0.05, 0) is 66.8 Å². The highest BCUT2D eigenvalue weighted by molar-refractivity contribution is 7.90. The highest BCUT2D eigenvalue weighted by Gasteiger charge is 2.47. The first-order valence-corrected chi connectivity index (χ1v) is 14.4. The average molecular weight is 627 g/mol. The number of carbonyl (C=O) groups excluding carboxylic acids is 1. The van der Waals surface area contributed by atoms with Crippen molar-refractivity contribution < 1.29 is 23.1 Å². The Kier molecular flexibility index (Phi) is 11.7. The third-order valence-corrected chi connectivity index (χ3v) is 8.79. The van der Waals surface area contributed by atoms with E-state index in [1.165, 1.54) is 0 Å². The molecule has 0 radical (unpaired) electrons. The smallest absolute Gasteiger partial charge is 0.332 e. The minimum Gasteiger partial charge on any atom is -0.480 e. The summed E-state index contributed by atoms with van der Waals surface area (Å²) in [5.74, 6) is -2.20. The molecule has 2 heterocycles. The predicted molar refractivity (Wildman–Crippen MR) is 163 cm³/mol. The first kappa shape index (κ1) is 34.4. The van der Waals surface area contributed by atoms with E-state index in [-0.39, 0.29) is 54.9 Å². The Labute approximate surface area is 253 Å². The molecule has 0 fully saturated rings. The van der Waals surface area contributed by atoms with E-state index in [0.717, 1.165) is 29.7 Å². The number of carboxylic acids is 1. The first-order valence-electron chi connectivity index (χ1n) is 12.9. The number of fused-ring (bicyclic) bond motifs is 1. The van der Waals surface area contributed by atoms with E-state index >= 15 is 0 Å². The van der Waals surface area contributed by atoms with Crippen LogP contribution in [0.4, 0.5) is 0 Å². The molecule has 10 nitrogen and oxygen atoms in total. The van der Waals surface area contributed by atoms with Gasteiger partial charge in [-0.2, -0.15) is 0 Å². The number of Topliss-reactive ketones (excluding diaryl/α,β-unsaturated/α-hetero) is 1. The fraction of sp³-hybridized carbons (Fsp3) is 0.393. The van der Waals surface area contributed by atoms with E-state index in [4.69, 9.17) is 11.1 Å². The topological polar surface area (TPSA) is 166 Å². The summed E-state index contributed by atoms with van der Waals surface area (Å²) in [5, 5.41) is 21.2. The third kappa shape index (κ3) is 7.35. The van der Waals surface area contributed by atoms with Crippen molar-refractivity contribution in [2.75, 3.05) is 20.1 Å². The summed E-state index contributed by atoms with van der Waals surface area (Å²) < 4.78 is 28.8. The van der Waals surface area contributed by atoms with Crippen LogP contribution in [-0.2, 0) is 45.4 Å². The molecule has 6 N–H and O–H groups in total. The second-order valence-corrected chi connectivity index (χ2v) is 11.9. The van der Waals surface area contributed by atoms with Crippen molar-refractivity contribution in [3.05, 3.63) is 76.4 Å². The molecule has 2 aromatic carbocycles. The zero-order valence-electron chi connectivity index (χ0n) is 23.0. The van der Waals surface area contributed by atoms with Crippen molar-refractivity contribution in [1.82, 2.24) is 14.9 Å². The zero-order chi connectivity index (χ0) is 28.4. The number of sulfonamides is 1. The Morgan fingerprint density at radius 1 is 1.17 bits per heavy atom. The number of nitrogens with one attached hydrogen (secondary N) is 3. The summed E-state index contributed by atoms with van der Waals surface area (Å²) in [6.45, 7) is 3.72. The Balaban J connectivity index is 0.00000294. The van der Waals surface area contributed by atoms with Gasteiger partial charge in [0.25, 0.3) is 10.0 Å². The van der Waals surface area contributed by atoms with Crippen LogP contribution in [0.2, 0.25) is 0 Å². The molecule has 0 bridgehead atoms. The molecule has 0 aliphatic carbocycles. The summed E-state index contributed by atoms with van der Waals surface area (Å²) in [6.07, 6.45) is 4.85. The van der Waals surface area contributed by atoms with Crippen LogP contribution in [0.3, 0.4) is 0 Å². The van der Waals surface area contributed by atoms with Crippen LogP contribution in [0.5, 0.6) is 0 Å². The second kappa shape index (κ2) is 13.9. The SMILES string of the molecule is CCc1ccc(C[C@@H](N)C(=O)[C@]2(C(=O)O)CC=CCN2)cc1C(=N)NS(=O)(=O)c1ccc2c(c1)CN(C)CC2.Cl.Cl. The summed E-state index contributed by atoms with van der Waals surface area (Å²) >= 11 is 0. The molecular weight excluding hydrogens is 589 g/mol. The molecule has 0 spiro atoms. The zero-order valence-corrected chi connectivity index (χ0v) is 25.4. The number of nitrogens with zero attached hydrogens (tertiary/aromatic N) is 1. The molecule has 0 amide bonds. The van der Waals surface area contributed by atoms with Gasteiger partial charge in [-0.1, -0.05) is 37.3 Å². The highest BCUT2D eigenvalue weighted by atomic mass is 35.5. The number of ketones is 1. The molecule has 224 valence electrons. The normalized spacial score (nSPS) is 19.2. The van der Waals surface area contributed by atoms with Crippen molar-refractivity contribution in [3.8, 4) is 0 Å². The summed E-state index contributed by atoms with van der Waals surface area (Å²) in [5.41, 5.74) is 8.21. The first-order chi connectivity index (χ1) is 18.5. The van der Waals surface area contributed by atoms with Gasteiger partial charge in [-0.15, -0.1) is 24.8 Å². The number of aryl methyl sites for hydroxylation is 1. The third-order valence-electron chi connectivity index (χ3n) is 7.44. The van der Waals surface area contributed by atoms with Crippen molar-refractivity contribution in [3.63, 3.8) is 0 Å². The lowest BCUT2D eigenvalue weighted by Gasteiger charge is -2.32. The van der Waals surface area contributed by atoms with E-state index in [0.29, 0.717) is 24.1 Å². The number of likely N-dealkylation sites (N-methyl/N-ethyl adjacent to an activating group) is 1. The molecule has 0 saturated heterocycles. The maximum Gasteiger partial charge on any atom is 0.332 e. The number of nitrogens with two attached hydrogens (primary N) is 1. The fourth-order valence-electron chi connectivity index (χ4n) is 5.15. The molecule has 0 saturated carbocycles. The maximum atomic E-state index is 13.2. The number of aliphatic carboxylic acids is 1. The van der Waals surface area contributed by atoms with Gasteiger partial charge in [0, 0.05) is 31.6 Å². The standard InChI is InChI=1S/C28H35N5O5S.2ClH/c1-3-19-7-6-18(15-24(29)25(34)28(27(35)36)11-4-5-12-31-28)14-23(19)26(30)32-39(37,38)22-9-8-20-10-13-33(2)17-21(20)16-22;;/h4-9,14,16,24,31H,3,10-13,15,17,29H2,1-2H3,(H2,30,32)(H,35,36);2*1H/t24-,28+;;/m1../s1.